The third kappa shape index (κ3) is 3.84. The molecule has 0 saturated carbocycles. The zero-order valence-electron chi connectivity index (χ0n) is 10.3. The number of aromatic nitrogens is 1. The highest BCUT2D eigenvalue weighted by Crippen LogP contribution is 2.25. The molecule has 0 aromatic carbocycles. The first-order chi connectivity index (χ1) is 9.70. The van der Waals surface area contributed by atoms with Gasteiger partial charge in [-0.1, -0.05) is 0 Å². The van der Waals surface area contributed by atoms with Crippen molar-refractivity contribution < 1.29 is 19.1 Å². The zero-order chi connectivity index (χ0) is 14.4. The van der Waals surface area contributed by atoms with E-state index in [1.165, 1.54) is 23.1 Å². The van der Waals surface area contributed by atoms with Crippen molar-refractivity contribution in [3.05, 3.63) is 29.5 Å². The molecule has 0 aliphatic rings. The number of aliphatic carboxylic acids is 1. The number of furan rings is 1. The van der Waals surface area contributed by atoms with E-state index >= 15 is 0 Å². The van der Waals surface area contributed by atoms with Crippen molar-refractivity contribution in [1.82, 2.24) is 10.3 Å². The molecule has 0 bridgehead atoms. The van der Waals surface area contributed by atoms with E-state index in [1.54, 1.807) is 12.3 Å². The van der Waals surface area contributed by atoms with Crippen LogP contribution in [0.3, 0.4) is 0 Å². The maximum atomic E-state index is 10.8. The summed E-state index contributed by atoms with van der Waals surface area (Å²) in [6.45, 7) is 0. The van der Waals surface area contributed by atoms with Crippen molar-refractivity contribution in [3.8, 4) is 10.8 Å². The fraction of sp³-hybridized carbons (Fsp3) is 0.250. The van der Waals surface area contributed by atoms with E-state index in [0.29, 0.717) is 17.9 Å². The molecule has 2 aromatic heterocycles. The summed E-state index contributed by atoms with van der Waals surface area (Å²) < 4.78 is 5.25. The molecule has 0 spiro atoms. The van der Waals surface area contributed by atoms with Crippen LogP contribution in [-0.2, 0) is 15.3 Å². The van der Waals surface area contributed by atoms with E-state index in [9.17, 15) is 9.59 Å². The van der Waals surface area contributed by atoms with Crippen LogP contribution in [0.1, 0.15) is 5.69 Å². The maximum absolute atomic E-state index is 10.8. The van der Waals surface area contributed by atoms with Gasteiger partial charge in [-0.05, 0) is 12.1 Å². The molecule has 0 saturated heterocycles. The quantitative estimate of drug-likeness (QED) is 0.723. The van der Waals surface area contributed by atoms with Crippen molar-refractivity contribution >= 4 is 35.5 Å². The normalized spacial score (nSPS) is 12.0. The third-order valence-electron chi connectivity index (χ3n) is 2.39. The van der Waals surface area contributed by atoms with Gasteiger partial charge in [-0.15, -0.1) is 11.3 Å². The average molecular weight is 312 g/mol. The van der Waals surface area contributed by atoms with Crippen LogP contribution in [-0.4, -0.2) is 34.3 Å². The topological polar surface area (TPSA) is 92.4 Å². The fourth-order valence-electron chi connectivity index (χ4n) is 1.44. The Morgan fingerprint density at radius 3 is 3.15 bits per heavy atom. The number of amides is 1. The molecular weight excluding hydrogens is 300 g/mol. The summed E-state index contributed by atoms with van der Waals surface area (Å²) in [5.74, 6) is 0.555. The summed E-state index contributed by atoms with van der Waals surface area (Å²) in [5, 5.41) is 13.8. The molecule has 8 heteroatoms. The molecule has 2 aromatic rings. The smallest absolute Gasteiger partial charge is 0.327 e. The Labute approximate surface area is 123 Å². The minimum absolute atomic E-state index is 0.293. The van der Waals surface area contributed by atoms with Crippen LogP contribution >= 0.6 is 23.1 Å². The molecule has 2 heterocycles. The Morgan fingerprint density at radius 1 is 1.65 bits per heavy atom. The van der Waals surface area contributed by atoms with Crippen LogP contribution in [0.2, 0.25) is 0 Å². The number of hydrogen-bond acceptors (Lipinski definition) is 6. The first kappa shape index (κ1) is 14.6. The maximum Gasteiger partial charge on any atom is 0.327 e. The van der Waals surface area contributed by atoms with Crippen LogP contribution in [0.15, 0.2) is 28.2 Å². The molecule has 0 aliphatic heterocycles. The number of carbonyl (C=O) groups is 2. The summed E-state index contributed by atoms with van der Waals surface area (Å²) in [4.78, 5) is 25.5. The standard InChI is InChI=1S/C12H12N2O4S2/c15-7-13-9(12(16)17)6-19-4-8-5-20-11(14-8)10-2-1-3-18-10/h1-3,5,7,9H,4,6H2,(H,13,15)(H,16,17). The van der Waals surface area contributed by atoms with E-state index in [2.05, 4.69) is 10.3 Å². The van der Waals surface area contributed by atoms with Crippen molar-refractivity contribution in [1.29, 1.82) is 0 Å². The molecule has 106 valence electrons. The highest BCUT2D eigenvalue weighted by molar-refractivity contribution is 7.98. The van der Waals surface area contributed by atoms with Gasteiger partial charge in [-0.3, -0.25) is 4.79 Å². The van der Waals surface area contributed by atoms with Gasteiger partial charge in [0.2, 0.25) is 6.41 Å². The van der Waals surface area contributed by atoms with E-state index in [-0.39, 0.29) is 0 Å². The molecule has 2 rings (SSSR count). The molecule has 0 fully saturated rings. The van der Waals surface area contributed by atoms with Gasteiger partial charge in [0.05, 0.1) is 12.0 Å². The lowest BCUT2D eigenvalue weighted by atomic mass is 10.3. The molecule has 0 radical (unpaired) electrons. The number of carbonyl (C=O) groups excluding carboxylic acids is 1. The molecule has 1 unspecified atom stereocenters. The Bertz CT molecular complexity index is 568. The van der Waals surface area contributed by atoms with Crippen LogP contribution in [0.4, 0.5) is 0 Å². The summed E-state index contributed by atoms with van der Waals surface area (Å²) in [7, 11) is 0. The molecule has 20 heavy (non-hydrogen) atoms. The minimum Gasteiger partial charge on any atom is -0.480 e. The molecule has 1 atom stereocenters. The number of carboxylic acid groups (broad SMARTS) is 1. The summed E-state index contributed by atoms with van der Waals surface area (Å²) in [6.07, 6.45) is 1.99. The van der Waals surface area contributed by atoms with Crippen molar-refractivity contribution in [2.75, 3.05) is 5.75 Å². The number of thiazole rings is 1. The number of thioether (sulfide) groups is 1. The molecule has 1 amide bonds. The van der Waals surface area contributed by atoms with Gasteiger partial charge in [-0.2, -0.15) is 11.8 Å². The van der Waals surface area contributed by atoms with Crippen LogP contribution in [0.25, 0.3) is 10.8 Å². The van der Waals surface area contributed by atoms with Gasteiger partial charge in [0, 0.05) is 16.9 Å². The van der Waals surface area contributed by atoms with Crippen LogP contribution in [0, 0.1) is 0 Å². The fourth-order valence-corrected chi connectivity index (χ4v) is 3.28. The van der Waals surface area contributed by atoms with Gasteiger partial charge in [0.25, 0.3) is 0 Å². The number of rotatable bonds is 8. The predicted octanol–water partition coefficient (Wildman–Crippen LogP) is 1.84. The van der Waals surface area contributed by atoms with Gasteiger partial charge in [0.1, 0.15) is 6.04 Å². The second kappa shape index (κ2) is 7.11. The molecule has 0 aliphatic carbocycles. The number of hydrogen-bond donors (Lipinski definition) is 2. The first-order valence-corrected chi connectivity index (χ1v) is 7.72. The molecular formula is C12H12N2O4S2. The Hall–Kier alpha value is -1.80. The predicted molar refractivity (Wildman–Crippen MR) is 76.6 cm³/mol. The van der Waals surface area contributed by atoms with E-state index in [4.69, 9.17) is 9.52 Å². The lowest BCUT2D eigenvalue weighted by Crippen LogP contribution is -2.37. The monoisotopic (exact) mass is 312 g/mol. The molecule has 6 nitrogen and oxygen atoms in total. The van der Waals surface area contributed by atoms with E-state index in [0.717, 1.165) is 16.5 Å². The SMILES string of the molecule is O=CNC(CSCc1csc(-c2ccco2)n1)C(=O)O. The highest BCUT2D eigenvalue weighted by Gasteiger charge is 2.16. The van der Waals surface area contributed by atoms with Gasteiger partial charge in [-0.25, -0.2) is 9.78 Å². The first-order valence-electron chi connectivity index (χ1n) is 5.69. The number of carboxylic acids is 1. The number of nitrogens with one attached hydrogen (secondary N) is 1. The summed E-state index contributed by atoms with van der Waals surface area (Å²) >= 11 is 2.88. The minimum atomic E-state index is -1.04. The van der Waals surface area contributed by atoms with Crippen molar-refractivity contribution in [3.63, 3.8) is 0 Å². The van der Waals surface area contributed by atoms with E-state index in [1.807, 2.05) is 11.4 Å². The van der Waals surface area contributed by atoms with Gasteiger partial charge < -0.3 is 14.8 Å². The third-order valence-corrected chi connectivity index (χ3v) is 4.36. The largest absolute Gasteiger partial charge is 0.480 e. The summed E-state index contributed by atoms with van der Waals surface area (Å²) in [5.41, 5.74) is 0.863. The van der Waals surface area contributed by atoms with Crippen molar-refractivity contribution in [2.45, 2.75) is 11.8 Å². The summed E-state index contributed by atoms with van der Waals surface area (Å²) in [6, 6.07) is 2.76. The zero-order valence-corrected chi connectivity index (χ0v) is 11.9. The Morgan fingerprint density at radius 2 is 2.50 bits per heavy atom. The molecule has 2 N–H and O–H groups in total. The second-order valence-electron chi connectivity index (χ2n) is 3.81. The van der Waals surface area contributed by atoms with Gasteiger partial charge in [0.15, 0.2) is 10.8 Å². The second-order valence-corrected chi connectivity index (χ2v) is 5.70. The van der Waals surface area contributed by atoms with E-state index < -0.39 is 12.0 Å². The Balaban J connectivity index is 1.85. The highest BCUT2D eigenvalue weighted by atomic mass is 32.2. The van der Waals surface area contributed by atoms with Crippen LogP contribution < -0.4 is 5.32 Å². The van der Waals surface area contributed by atoms with Gasteiger partial charge >= 0.3 is 5.97 Å². The number of nitrogens with zero attached hydrogens (tertiary/aromatic N) is 1. The average Bonchev–Trinajstić information content (AvgIpc) is 3.08. The lowest BCUT2D eigenvalue weighted by molar-refractivity contribution is -0.139. The lowest BCUT2D eigenvalue weighted by Gasteiger charge is -2.09. The van der Waals surface area contributed by atoms with Crippen LogP contribution in [0.5, 0.6) is 0 Å². The van der Waals surface area contributed by atoms with Crippen molar-refractivity contribution in [2.24, 2.45) is 0 Å². The Kier molecular flexibility index (Phi) is 5.19.